The fourth-order valence-electron chi connectivity index (χ4n) is 2.01. The zero-order valence-electron chi connectivity index (χ0n) is 13.6. The number of aryl methyl sites for hydroxylation is 2. The molecule has 2 amide bonds. The summed E-state index contributed by atoms with van der Waals surface area (Å²) in [7, 11) is 1.43. The molecule has 0 aliphatic heterocycles. The fraction of sp³-hybridized carbons (Fsp3) is 0.312. The number of anilines is 2. The van der Waals surface area contributed by atoms with Gasteiger partial charge >= 0.3 is 0 Å². The van der Waals surface area contributed by atoms with Crippen LogP contribution < -0.4 is 10.6 Å². The number of oxazole rings is 1. The van der Waals surface area contributed by atoms with E-state index in [1.54, 1.807) is 19.1 Å². The molecular formula is C16H18ClN3O4. The van der Waals surface area contributed by atoms with Crippen LogP contribution in [0.5, 0.6) is 0 Å². The number of halogens is 1. The van der Waals surface area contributed by atoms with Crippen molar-refractivity contribution >= 4 is 34.8 Å². The van der Waals surface area contributed by atoms with E-state index in [4.69, 9.17) is 20.8 Å². The molecule has 1 aromatic heterocycles. The first-order chi connectivity index (χ1) is 11.4. The molecule has 0 radical (unpaired) electrons. The Morgan fingerprint density at radius 1 is 1.33 bits per heavy atom. The molecule has 7 nitrogen and oxygen atoms in total. The normalized spacial score (nSPS) is 10.5. The maximum absolute atomic E-state index is 12.2. The predicted octanol–water partition coefficient (Wildman–Crippen LogP) is 3.04. The number of hydrogen-bond acceptors (Lipinski definition) is 5. The van der Waals surface area contributed by atoms with Crippen molar-refractivity contribution in [2.24, 2.45) is 0 Å². The van der Waals surface area contributed by atoms with Gasteiger partial charge < -0.3 is 19.8 Å². The lowest BCUT2D eigenvalue weighted by Crippen LogP contribution is -2.17. The van der Waals surface area contributed by atoms with Crippen molar-refractivity contribution in [1.29, 1.82) is 0 Å². The molecule has 0 unspecified atom stereocenters. The Morgan fingerprint density at radius 2 is 2.08 bits per heavy atom. The van der Waals surface area contributed by atoms with Crippen LogP contribution in [0.15, 0.2) is 22.6 Å². The molecular weight excluding hydrogens is 334 g/mol. The standard InChI is InChI=1S/C16H18ClN3O4/c1-4-14-18-9(2)15(24-14)16(22)19-10-5-6-12(11(17)7-10)20-13(21)8-23-3/h5-7H,4,8H2,1-3H3,(H,19,22)(H,20,21). The Kier molecular flexibility index (Phi) is 5.94. The molecule has 0 aliphatic carbocycles. The number of amides is 2. The van der Waals surface area contributed by atoms with Gasteiger partial charge in [0.15, 0.2) is 5.89 Å². The molecule has 2 N–H and O–H groups in total. The average Bonchev–Trinajstić information content (AvgIpc) is 2.91. The summed E-state index contributed by atoms with van der Waals surface area (Å²) < 4.78 is 10.1. The lowest BCUT2D eigenvalue weighted by molar-refractivity contribution is -0.119. The minimum Gasteiger partial charge on any atom is -0.435 e. The molecule has 2 rings (SSSR count). The van der Waals surface area contributed by atoms with Crippen molar-refractivity contribution in [3.8, 4) is 0 Å². The highest BCUT2D eigenvalue weighted by Gasteiger charge is 2.17. The highest BCUT2D eigenvalue weighted by atomic mass is 35.5. The van der Waals surface area contributed by atoms with Gasteiger partial charge in [-0.05, 0) is 25.1 Å². The van der Waals surface area contributed by atoms with Gasteiger partial charge in [0.25, 0.3) is 5.91 Å². The van der Waals surface area contributed by atoms with Crippen LogP contribution in [0.1, 0.15) is 29.1 Å². The van der Waals surface area contributed by atoms with Gasteiger partial charge in [-0.2, -0.15) is 0 Å². The number of carbonyl (C=O) groups is 2. The van der Waals surface area contributed by atoms with Crippen molar-refractivity contribution in [3.05, 3.63) is 40.6 Å². The van der Waals surface area contributed by atoms with Crippen LogP contribution in [-0.2, 0) is 16.0 Å². The molecule has 0 saturated heterocycles. The molecule has 0 bridgehead atoms. The summed E-state index contributed by atoms with van der Waals surface area (Å²) in [5.41, 5.74) is 1.43. The third-order valence-corrected chi connectivity index (χ3v) is 3.44. The van der Waals surface area contributed by atoms with E-state index in [0.717, 1.165) is 0 Å². The third-order valence-electron chi connectivity index (χ3n) is 3.13. The van der Waals surface area contributed by atoms with Crippen molar-refractivity contribution < 1.29 is 18.7 Å². The first-order valence-corrected chi connectivity index (χ1v) is 7.68. The Bertz CT molecular complexity index is 758. The number of hydrogen-bond donors (Lipinski definition) is 2. The van der Waals surface area contributed by atoms with E-state index in [9.17, 15) is 9.59 Å². The second-order valence-corrected chi connectivity index (χ2v) is 5.41. The summed E-state index contributed by atoms with van der Waals surface area (Å²) in [6.45, 7) is 3.53. The monoisotopic (exact) mass is 351 g/mol. The molecule has 1 heterocycles. The lowest BCUT2D eigenvalue weighted by Gasteiger charge is -2.09. The molecule has 0 atom stereocenters. The van der Waals surface area contributed by atoms with E-state index in [-0.39, 0.29) is 18.3 Å². The topological polar surface area (TPSA) is 93.5 Å². The predicted molar refractivity (Wildman–Crippen MR) is 90.5 cm³/mol. The number of aromatic nitrogens is 1. The SMILES string of the molecule is CCc1nc(C)c(C(=O)Nc2ccc(NC(=O)COC)c(Cl)c2)o1. The summed E-state index contributed by atoms with van der Waals surface area (Å²) >= 11 is 6.12. The Balaban J connectivity index is 2.10. The van der Waals surface area contributed by atoms with Gasteiger partial charge in [0.1, 0.15) is 6.61 Å². The zero-order chi connectivity index (χ0) is 17.7. The van der Waals surface area contributed by atoms with E-state index in [1.807, 2.05) is 6.92 Å². The molecule has 2 aromatic rings. The number of benzene rings is 1. The number of nitrogens with zero attached hydrogens (tertiary/aromatic N) is 1. The summed E-state index contributed by atoms with van der Waals surface area (Å²) in [4.78, 5) is 27.9. The van der Waals surface area contributed by atoms with Gasteiger partial charge in [-0.15, -0.1) is 0 Å². The van der Waals surface area contributed by atoms with E-state index in [1.165, 1.54) is 13.2 Å². The first-order valence-electron chi connectivity index (χ1n) is 7.30. The molecule has 8 heteroatoms. The van der Waals surface area contributed by atoms with E-state index in [2.05, 4.69) is 15.6 Å². The second-order valence-electron chi connectivity index (χ2n) is 5.01. The highest BCUT2D eigenvalue weighted by molar-refractivity contribution is 6.34. The van der Waals surface area contributed by atoms with E-state index >= 15 is 0 Å². The van der Waals surface area contributed by atoms with Crippen molar-refractivity contribution in [3.63, 3.8) is 0 Å². The van der Waals surface area contributed by atoms with Crippen LogP contribution in [0.4, 0.5) is 11.4 Å². The van der Waals surface area contributed by atoms with Gasteiger partial charge in [0.2, 0.25) is 11.7 Å². The average molecular weight is 352 g/mol. The molecule has 0 spiro atoms. The van der Waals surface area contributed by atoms with Gasteiger partial charge in [0, 0.05) is 19.2 Å². The maximum Gasteiger partial charge on any atom is 0.293 e. The number of ether oxygens (including phenoxy) is 1. The summed E-state index contributed by atoms with van der Waals surface area (Å²) in [6, 6.07) is 4.75. The van der Waals surface area contributed by atoms with Gasteiger partial charge in [-0.1, -0.05) is 18.5 Å². The minimum atomic E-state index is -0.410. The lowest BCUT2D eigenvalue weighted by atomic mass is 10.2. The summed E-state index contributed by atoms with van der Waals surface area (Å²) in [5.74, 6) is -0.0557. The Morgan fingerprint density at radius 3 is 2.67 bits per heavy atom. The van der Waals surface area contributed by atoms with Crippen molar-refractivity contribution in [2.45, 2.75) is 20.3 Å². The van der Waals surface area contributed by atoms with Crippen LogP contribution in [0.25, 0.3) is 0 Å². The zero-order valence-corrected chi connectivity index (χ0v) is 14.4. The number of rotatable bonds is 6. The molecule has 128 valence electrons. The quantitative estimate of drug-likeness (QED) is 0.834. The van der Waals surface area contributed by atoms with Crippen LogP contribution in [0, 0.1) is 6.92 Å². The van der Waals surface area contributed by atoms with E-state index < -0.39 is 5.91 Å². The van der Waals surface area contributed by atoms with Crippen LogP contribution in [0.3, 0.4) is 0 Å². The molecule has 1 aromatic carbocycles. The number of carbonyl (C=O) groups excluding carboxylic acids is 2. The Labute approximate surface area is 144 Å². The van der Waals surface area contributed by atoms with Crippen molar-refractivity contribution in [1.82, 2.24) is 4.98 Å². The molecule has 0 saturated carbocycles. The summed E-state index contributed by atoms with van der Waals surface area (Å²) in [5, 5.41) is 5.59. The fourth-order valence-corrected chi connectivity index (χ4v) is 2.24. The van der Waals surface area contributed by atoms with Gasteiger partial charge in [0.05, 0.1) is 16.4 Å². The molecule has 0 aliphatic rings. The minimum absolute atomic E-state index is 0.0701. The van der Waals surface area contributed by atoms with Gasteiger partial charge in [-0.25, -0.2) is 4.98 Å². The second kappa shape index (κ2) is 7.94. The Hall–Kier alpha value is -2.38. The van der Waals surface area contributed by atoms with Crippen LogP contribution in [-0.4, -0.2) is 30.5 Å². The van der Waals surface area contributed by atoms with Crippen LogP contribution in [0.2, 0.25) is 5.02 Å². The largest absolute Gasteiger partial charge is 0.435 e. The number of nitrogens with one attached hydrogen (secondary N) is 2. The highest BCUT2D eigenvalue weighted by Crippen LogP contribution is 2.26. The smallest absolute Gasteiger partial charge is 0.293 e. The summed E-state index contributed by atoms with van der Waals surface area (Å²) in [6.07, 6.45) is 0.607. The van der Waals surface area contributed by atoms with E-state index in [0.29, 0.717) is 34.4 Å². The number of methoxy groups -OCH3 is 1. The first kappa shape index (κ1) is 18.0. The van der Waals surface area contributed by atoms with Gasteiger partial charge in [-0.3, -0.25) is 9.59 Å². The molecule has 0 fully saturated rings. The third kappa shape index (κ3) is 4.33. The molecule has 24 heavy (non-hydrogen) atoms. The van der Waals surface area contributed by atoms with Crippen LogP contribution >= 0.6 is 11.6 Å². The maximum atomic E-state index is 12.2. The van der Waals surface area contributed by atoms with Crippen molar-refractivity contribution in [2.75, 3.05) is 24.4 Å².